The third-order valence-corrected chi connectivity index (χ3v) is 4.78. The van der Waals surface area contributed by atoms with Crippen LogP contribution in [0.1, 0.15) is 27.7 Å². The summed E-state index contributed by atoms with van der Waals surface area (Å²) >= 11 is 0. The highest BCUT2D eigenvalue weighted by Gasteiger charge is 2.51. The monoisotopic (exact) mass is 344 g/mol. The molecule has 0 spiro atoms. The summed E-state index contributed by atoms with van der Waals surface area (Å²) in [6.45, 7) is 8.04. The van der Waals surface area contributed by atoms with Crippen LogP contribution in [0.25, 0.3) is 0 Å². The third-order valence-electron chi connectivity index (χ3n) is 4.78. The maximum absolute atomic E-state index is 14.2. The molecule has 3 rings (SSSR count). The molecule has 0 unspecified atom stereocenters. The van der Waals surface area contributed by atoms with Crippen molar-refractivity contribution in [1.82, 2.24) is 0 Å². The van der Waals surface area contributed by atoms with Crippen molar-refractivity contribution in [3.63, 3.8) is 0 Å². The van der Waals surface area contributed by atoms with Gasteiger partial charge in [0.15, 0.2) is 11.5 Å². The molecular weight excluding hydrogens is 322 g/mol. The summed E-state index contributed by atoms with van der Waals surface area (Å²) in [5.41, 5.74) is 0.102. The van der Waals surface area contributed by atoms with E-state index < -0.39 is 24.1 Å². The Morgan fingerprint density at radius 1 is 0.880 bits per heavy atom. The van der Waals surface area contributed by atoms with Gasteiger partial charge in [-0.25, -0.2) is 0 Å². The van der Waals surface area contributed by atoms with Crippen LogP contribution in [0.3, 0.4) is 0 Å². The van der Waals surface area contributed by atoms with Crippen molar-refractivity contribution < 1.29 is 23.2 Å². The molecule has 1 aliphatic rings. The van der Waals surface area contributed by atoms with Crippen LogP contribution in [0.2, 0.25) is 0 Å². The van der Waals surface area contributed by atoms with Crippen molar-refractivity contribution in [3.05, 3.63) is 48.3 Å². The van der Waals surface area contributed by atoms with Gasteiger partial charge in [0.25, 0.3) is 0 Å². The first-order valence-electron chi connectivity index (χ1n) is 8.19. The first kappa shape index (κ1) is 17.8. The zero-order valence-electron chi connectivity index (χ0n) is 15.1. The molecule has 132 valence electrons. The van der Waals surface area contributed by atoms with Gasteiger partial charge in [0.05, 0.1) is 18.3 Å². The average Bonchev–Trinajstić information content (AvgIpc) is 2.78. The second kappa shape index (κ2) is 6.35. The van der Waals surface area contributed by atoms with Crippen molar-refractivity contribution >= 4 is 12.6 Å². The molecule has 0 bridgehead atoms. The van der Waals surface area contributed by atoms with Gasteiger partial charge in [0.2, 0.25) is 5.82 Å². The van der Waals surface area contributed by atoms with E-state index in [1.165, 1.54) is 7.11 Å². The number of hydrogen-bond donors (Lipinski definition) is 0. The Labute approximate surface area is 148 Å². The lowest BCUT2D eigenvalue weighted by atomic mass is 9.79. The fourth-order valence-corrected chi connectivity index (χ4v) is 2.53. The van der Waals surface area contributed by atoms with Crippen LogP contribution in [0.15, 0.2) is 42.5 Å². The summed E-state index contributed by atoms with van der Waals surface area (Å²) in [7, 11) is 0.981. The summed E-state index contributed by atoms with van der Waals surface area (Å²) in [6, 6.07) is 12.0. The minimum atomic E-state index is -0.528. The highest BCUT2D eigenvalue weighted by molar-refractivity contribution is 6.62. The standard InChI is InChI=1S/C19H22BFO4/c1-18(2)19(3,4)25-20(24-18)13-9-11-14(12-10-13)23-16-8-6-7-15(22-5)17(16)21/h6-12H,1-5H3. The summed E-state index contributed by atoms with van der Waals surface area (Å²) in [6.07, 6.45) is 0. The molecule has 0 aromatic heterocycles. The molecule has 4 nitrogen and oxygen atoms in total. The molecule has 0 amide bonds. The van der Waals surface area contributed by atoms with Gasteiger partial charge in [0, 0.05) is 0 Å². The van der Waals surface area contributed by atoms with Crippen molar-refractivity contribution in [2.45, 2.75) is 38.9 Å². The molecule has 0 saturated carbocycles. The highest BCUT2D eigenvalue weighted by atomic mass is 19.1. The minimum Gasteiger partial charge on any atom is -0.494 e. The molecule has 6 heteroatoms. The molecule has 1 aliphatic heterocycles. The fraction of sp³-hybridized carbons (Fsp3) is 0.368. The van der Waals surface area contributed by atoms with Crippen LogP contribution in [-0.2, 0) is 9.31 Å². The van der Waals surface area contributed by atoms with Gasteiger partial charge in [-0.15, -0.1) is 0 Å². The average molecular weight is 344 g/mol. The molecule has 25 heavy (non-hydrogen) atoms. The van der Waals surface area contributed by atoms with E-state index >= 15 is 0 Å². The lowest BCUT2D eigenvalue weighted by Gasteiger charge is -2.32. The Balaban J connectivity index is 1.76. The quantitative estimate of drug-likeness (QED) is 0.788. The summed E-state index contributed by atoms with van der Waals surface area (Å²) < 4.78 is 36.8. The van der Waals surface area contributed by atoms with Crippen molar-refractivity contribution in [1.29, 1.82) is 0 Å². The molecular formula is C19H22BFO4. The number of ether oxygens (including phenoxy) is 2. The molecule has 1 saturated heterocycles. The van der Waals surface area contributed by atoms with E-state index in [1.807, 2.05) is 39.8 Å². The zero-order chi connectivity index (χ0) is 18.2. The van der Waals surface area contributed by atoms with E-state index in [1.54, 1.807) is 30.3 Å². The van der Waals surface area contributed by atoms with E-state index in [-0.39, 0.29) is 11.5 Å². The van der Waals surface area contributed by atoms with Crippen molar-refractivity contribution in [3.8, 4) is 17.2 Å². The fourth-order valence-electron chi connectivity index (χ4n) is 2.53. The minimum absolute atomic E-state index is 0.114. The van der Waals surface area contributed by atoms with E-state index in [0.29, 0.717) is 5.75 Å². The SMILES string of the molecule is COc1cccc(Oc2ccc(B3OC(C)(C)C(C)(C)O3)cc2)c1F. The smallest absolute Gasteiger partial charge is 0.494 e. The van der Waals surface area contributed by atoms with Crippen LogP contribution in [0.4, 0.5) is 4.39 Å². The van der Waals surface area contributed by atoms with Crippen LogP contribution >= 0.6 is 0 Å². The predicted molar refractivity (Wildman–Crippen MR) is 95.2 cm³/mol. The Morgan fingerprint density at radius 2 is 1.44 bits per heavy atom. The van der Waals surface area contributed by atoms with E-state index in [9.17, 15) is 4.39 Å². The number of hydrogen-bond acceptors (Lipinski definition) is 4. The largest absolute Gasteiger partial charge is 0.494 e. The Hall–Kier alpha value is -2.05. The van der Waals surface area contributed by atoms with Crippen molar-refractivity contribution in [2.75, 3.05) is 7.11 Å². The summed E-state index contributed by atoms with van der Waals surface area (Å²) in [5, 5.41) is 0. The Bertz CT molecular complexity index is 743. The number of methoxy groups -OCH3 is 1. The third kappa shape index (κ3) is 3.37. The van der Waals surface area contributed by atoms with Gasteiger partial charge in [-0.1, -0.05) is 18.2 Å². The van der Waals surface area contributed by atoms with Gasteiger partial charge < -0.3 is 18.8 Å². The second-order valence-corrected chi connectivity index (χ2v) is 7.03. The predicted octanol–water partition coefficient (Wildman–Crippen LogP) is 3.93. The maximum Gasteiger partial charge on any atom is 0.494 e. The van der Waals surface area contributed by atoms with Gasteiger partial charge >= 0.3 is 7.12 Å². The topological polar surface area (TPSA) is 36.9 Å². The number of rotatable bonds is 4. The van der Waals surface area contributed by atoms with Gasteiger partial charge in [-0.05, 0) is 57.4 Å². The van der Waals surface area contributed by atoms with Gasteiger partial charge in [0.1, 0.15) is 5.75 Å². The first-order valence-corrected chi connectivity index (χ1v) is 8.19. The van der Waals surface area contributed by atoms with Crippen LogP contribution in [0.5, 0.6) is 17.2 Å². The van der Waals surface area contributed by atoms with Crippen LogP contribution in [-0.4, -0.2) is 25.4 Å². The molecule has 2 aromatic rings. The van der Waals surface area contributed by atoms with Crippen molar-refractivity contribution in [2.24, 2.45) is 0 Å². The van der Waals surface area contributed by atoms with E-state index in [0.717, 1.165) is 5.46 Å². The van der Waals surface area contributed by atoms with Gasteiger partial charge in [-0.2, -0.15) is 4.39 Å². The summed E-state index contributed by atoms with van der Waals surface area (Å²) in [5.74, 6) is 0.251. The lowest BCUT2D eigenvalue weighted by molar-refractivity contribution is 0.00578. The zero-order valence-corrected chi connectivity index (χ0v) is 15.1. The summed E-state index contributed by atoms with van der Waals surface area (Å²) in [4.78, 5) is 0. The molecule has 0 N–H and O–H groups in total. The van der Waals surface area contributed by atoms with Crippen LogP contribution < -0.4 is 14.9 Å². The molecule has 0 aliphatic carbocycles. The number of halogens is 1. The second-order valence-electron chi connectivity index (χ2n) is 7.03. The molecule has 1 fully saturated rings. The molecule has 0 radical (unpaired) electrons. The van der Waals surface area contributed by atoms with Gasteiger partial charge in [-0.3, -0.25) is 0 Å². The Kier molecular flexibility index (Phi) is 4.52. The highest BCUT2D eigenvalue weighted by Crippen LogP contribution is 2.36. The van der Waals surface area contributed by atoms with E-state index in [4.69, 9.17) is 18.8 Å². The van der Waals surface area contributed by atoms with Crippen LogP contribution in [0, 0.1) is 5.82 Å². The lowest BCUT2D eigenvalue weighted by Crippen LogP contribution is -2.41. The molecule has 1 heterocycles. The number of benzene rings is 2. The normalized spacial score (nSPS) is 18.2. The van der Waals surface area contributed by atoms with E-state index in [2.05, 4.69) is 0 Å². The first-order chi connectivity index (χ1) is 11.7. The maximum atomic E-state index is 14.2. The molecule has 2 aromatic carbocycles. The molecule has 0 atom stereocenters. The Morgan fingerprint density at radius 3 is 2.00 bits per heavy atom.